The van der Waals surface area contributed by atoms with Gasteiger partial charge in [-0.15, -0.1) is 0 Å². The van der Waals surface area contributed by atoms with Crippen LogP contribution >= 0.6 is 0 Å². The highest BCUT2D eigenvalue weighted by Crippen LogP contribution is 2.15. The van der Waals surface area contributed by atoms with Crippen molar-refractivity contribution < 1.29 is 13.2 Å². The van der Waals surface area contributed by atoms with E-state index in [2.05, 4.69) is 0 Å². The van der Waals surface area contributed by atoms with Crippen LogP contribution in [0.2, 0.25) is 0 Å². The molecule has 13 heavy (non-hydrogen) atoms. The summed E-state index contributed by atoms with van der Waals surface area (Å²) in [5.74, 6) is 0.145. The summed E-state index contributed by atoms with van der Waals surface area (Å²) in [5, 5.41) is 0. The van der Waals surface area contributed by atoms with Gasteiger partial charge in [-0.05, 0) is 6.92 Å². The Morgan fingerprint density at radius 2 is 2.15 bits per heavy atom. The van der Waals surface area contributed by atoms with Gasteiger partial charge in [0.25, 0.3) is 0 Å². The summed E-state index contributed by atoms with van der Waals surface area (Å²) in [6.07, 6.45) is 0.362. The number of hydrogen-bond acceptors (Lipinski definition) is 3. The Kier molecular flexibility index (Phi) is 3.08. The van der Waals surface area contributed by atoms with Gasteiger partial charge in [0, 0.05) is 25.4 Å². The second-order valence-corrected chi connectivity index (χ2v) is 5.63. The third-order valence-corrected chi connectivity index (χ3v) is 4.24. The van der Waals surface area contributed by atoms with Crippen molar-refractivity contribution in [3.63, 3.8) is 0 Å². The third-order valence-electron chi connectivity index (χ3n) is 2.39. The third kappa shape index (κ3) is 2.28. The van der Waals surface area contributed by atoms with Gasteiger partial charge in [0.1, 0.15) is 5.78 Å². The van der Waals surface area contributed by atoms with Gasteiger partial charge in [0.15, 0.2) is 0 Å². The number of hydrogen-bond donors (Lipinski definition) is 0. The van der Waals surface area contributed by atoms with Crippen molar-refractivity contribution >= 4 is 15.8 Å². The lowest BCUT2D eigenvalue weighted by molar-refractivity contribution is -0.124. The van der Waals surface area contributed by atoms with E-state index in [4.69, 9.17) is 0 Å². The van der Waals surface area contributed by atoms with Gasteiger partial charge in [0.05, 0.1) is 5.75 Å². The zero-order valence-electron chi connectivity index (χ0n) is 7.99. The molecule has 0 radical (unpaired) electrons. The van der Waals surface area contributed by atoms with E-state index >= 15 is 0 Å². The summed E-state index contributed by atoms with van der Waals surface area (Å²) in [4.78, 5) is 11.1. The molecule has 1 rings (SSSR count). The Morgan fingerprint density at radius 1 is 1.54 bits per heavy atom. The minimum absolute atomic E-state index is 0.119. The molecule has 1 unspecified atom stereocenters. The van der Waals surface area contributed by atoms with E-state index in [1.165, 1.54) is 4.31 Å². The highest BCUT2D eigenvalue weighted by molar-refractivity contribution is 7.89. The summed E-state index contributed by atoms with van der Waals surface area (Å²) >= 11 is 0. The molecule has 0 aromatic carbocycles. The van der Waals surface area contributed by atoms with Crippen LogP contribution in [0.15, 0.2) is 0 Å². The second-order valence-electron chi connectivity index (χ2n) is 3.38. The quantitative estimate of drug-likeness (QED) is 0.649. The van der Waals surface area contributed by atoms with E-state index in [1.54, 1.807) is 13.8 Å². The molecular weight excluding hydrogens is 190 g/mol. The fourth-order valence-corrected chi connectivity index (χ4v) is 2.60. The van der Waals surface area contributed by atoms with E-state index < -0.39 is 10.0 Å². The number of carbonyl (C=O) groups excluding carboxylic acids is 1. The van der Waals surface area contributed by atoms with Crippen LogP contribution in [0.5, 0.6) is 0 Å². The molecule has 0 aromatic heterocycles. The van der Waals surface area contributed by atoms with Gasteiger partial charge < -0.3 is 0 Å². The van der Waals surface area contributed by atoms with Crippen LogP contribution in [0, 0.1) is 5.92 Å². The molecular formula is C8H15NO3S. The van der Waals surface area contributed by atoms with E-state index in [1.807, 2.05) is 0 Å². The fourth-order valence-electron chi connectivity index (χ4n) is 1.42. The predicted octanol–water partition coefficient (Wildman–Crippen LogP) is 0.247. The van der Waals surface area contributed by atoms with Crippen LogP contribution in [0.4, 0.5) is 0 Å². The predicted molar refractivity (Wildman–Crippen MR) is 49.8 cm³/mol. The average molecular weight is 205 g/mol. The number of piperidine rings is 1. The molecule has 0 amide bonds. The molecule has 0 bridgehead atoms. The lowest BCUT2D eigenvalue weighted by Gasteiger charge is -2.28. The number of Topliss-reactive ketones (excluding diaryl/α,β-unsaturated/α-hetero) is 1. The lowest BCUT2D eigenvalue weighted by atomic mass is 10.0. The van der Waals surface area contributed by atoms with E-state index in [0.29, 0.717) is 19.5 Å². The fraction of sp³-hybridized carbons (Fsp3) is 0.875. The Balaban J connectivity index is 2.71. The summed E-state index contributed by atoms with van der Waals surface area (Å²) in [6, 6.07) is 0. The highest BCUT2D eigenvalue weighted by atomic mass is 32.2. The molecule has 1 aliphatic rings. The first-order chi connectivity index (χ1) is 5.97. The number of ketones is 1. The Bertz CT molecular complexity index is 297. The van der Waals surface area contributed by atoms with Crippen LogP contribution in [0.1, 0.15) is 20.3 Å². The first kappa shape index (κ1) is 10.7. The maximum atomic E-state index is 11.4. The van der Waals surface area contributed by atoms with Crippen LogP contribution in [-0.2, 0) is 14.8 Å². The summed E-state index contributed by atoms with van der Waals surface area (Å²) < 4.78 is 24.3. The normalized spacial score (nSPS) is 26.3. The molecule has 0 saturated carbocycles. The Labute approximate surface area is 79.0 Å². The smallest absolute Gasteiger partial charge is 0.213 e. The molecule has 0 aromatic rings. The summed E-state index contributed by atoms with van der Waals surface area (Å²) in [5.41, 5.74) is 0. The molecule has 0 aliphatic carbocycles. The topological polar surface area (TPSA) is 54.5 Å². The molecule has 1 heterocycles. The molecule has 76 valence electrons. The van der Waals surface area contributed by atoms with Crippen LogP contribution in [0.25, 0.3) is 0 Å². The van der Waals surface area contributed by atoms with Crippen molar-refractivity contribution in [1.29, 1.82) is 0 Å². The molecule has 5 heteroatoms. The first-order valence-electron chi connectivity index (χ1n) is 4.48. The van der Waals surface area contributed by atoms with Crippen molar-refractivity contribution in [3.05, 3.63) is 0 Å². The van der Waals surface area contributed by atoms with E-state index in [9.17, 15) is 13.2 Å². The maximum Gasteiger partial charge on any atom is 0.213 e. The second kappa shape index (κ2) is 3.75. The summed E-state index contributed by atoms with van der Waals surface area (Å²) in [7, 11) is -3.10. The standard InChI is InChI=1S/C8H15NO3S/c1-3-13(11,12)9-5-4-8(10)7(2)6-9/h7H,3-6H2,1-2H3. The molecule has 1 atom stereocenters. The Hall–Kier alpha value is -0.420. The van der Waals surface area contributed by atoms with Gasteiger partial charge in [-0.1, -0.05) is 6.92 Å². The SMILES string of the molecule is CCS(=O)(=O)N1CCC(=O)C(C)C1. The van der Waals surface area contributed by atoms with Crippen molar-refractivity contribution in [1.82, 2.24) is 4.31 Å². The maximum absolute atomic E-state index is 11.4. The van der Waals surface area contributed by atoms with Crippen molar-refractivity contribution in [2.24, 2.45) is 5.92 Å². The average Bonchev–Trinajstić information content (AvgIpc) is 2.09. The van der Waals surface area contributed by atoms with Gasteiger partial charge >= 0.3 is 0 Å². The minimum atomic E-state index is -3.10. The number of nitrogens with zero attached hydrogens (tertiary/aromatic N) is 1. The first-order valence-corrected chi connectivity index (χ1v) is 6.09. The molecule has 1 aliphatic heterocycles. The monoisotopic (exact) mass is 205 g/mol. The number of rotatable bonds is 2. The van der Waals surface area contributed by atoms with Crippen molar-refractivity contribution in [2.45, 2.75) is 20.3 Å². The largest absolute Gasteiger partial charge is 0.299 e. The van der Waals surface area contributed by atoms with Gasteiger partial charge in [0.2, 0.25) is 10.0 Å². The zero-order valence-corrected chi connectivity index (χ0v) is 8.80. The van der Waals surface area contributed by atoms with Gasteiger partial charge in [-0.25, -0.2) is 12.7 Å². The van der Waals surface area contributed by atoms with Gasteiger partial charge in [-0.3, -0.25) is 4.79 Å². The van der Waals surface area contributed by atoms with Crippen LogP contribution < -0.4 is 0 Å². The Morgan fingerprint density at radius 3 is 2.62 bits per heavy atom. The van der Waals surface area contributed by atoms with Crippen molar-refractivity contribution in [3.8, 4) is 0 Å². The molecule has 1 fully saturated rings. The van der Waals surface area contributed by atoms with E-state index in [-0.39, 0.29) is 17.5 Å². The van der Waals surface area contributed by atoms with E-state index in [0.717, 1.165) is 0 Å². The number of sulfonamides is 1. The van der Waals surface area contributed by atoms with Crippen LogP contribution in [-0.4, -0.2) is 37.3 Å². The molecule has 4 nitrogen and oxygen atoms in total. The highest BCUT2D eigenvalue weighted by Gasteiger charge is 2.29. The summed E-state index contributed by atoms with van der Waals surface area (Å²) in [6.45, 7) is 4.12. The molecule has 0 spiro atoms. The lowest BCUT2D eigenvalue weighted by Crippen LogP contribution is -2.43. The molecule has 0 N–H and O–H groups in total. The van der Waals surface area contributed by atoms with Crippen LogP contribution in [0.3, 0.4) is 0 Å². The minimum Gasteiger partial charge on any atom is -0.299 e. The number of carbonyl (C=O) groups is 1. The molecule has 1 saturated heterocycles. The van der Waals surface area contributed by atoms with Gasteiger partial charge in [-0.2, -0.15) is 0 Å². The zero-order chi connectivity index (χ0) is 10.1. The van der Waals surface area contributed by atoms with Crippen molar-refractivity contribution in [2.75, 3.05) is 18.8 Å².